The van der Waals surface area contributed by atoms with Crippen molar-refractivity contribution in [3.8, 4) is 6.07 Å². The van der Waals surface area contributed by atoms with Crippen LogP contribution in [0.15, 0.2) is 0 Å². The van der Waals surface area contributed by atoms with Gasteiger partial charge < -0.3 is 5.73 Å². The Bertz CT molecular complexity index is 137. The van der Waals surface area contributed by atoms with Gasteiger partial charge in [-0.1, -0.05) is 13.8 Å². The summed E-state index contributed by atoms with van der Waals surface area (Å²) in [6.45, 7) is 4.18. The summed E-state index contributed by atoms with van der Waals surface area (Å²) in [7, 11) is 0. The molecule has 1 unspecified atom stereocenters. The number of rotatable bonds is 3. The number of hydrogen-bond acceptors (Lipinski definition) is 3. The molecule has 0 saturated heterocycles. The second-order valence-corrected chi connectivity index (χ2v) is 4.42. The maximum atomic E-state index is 8.41. The molecular formula is C7H14N2S. The zero-order valence-electron chi connectivity index (χ0n) is 6.72. The van der Waals surface area contributed by atoms with Crippen molar-refractivity contribution in [2.45, 2.75) is 31.1 Å². The summed E-state index contributed by atoms with van der Waals surface area (Å²) in [6, 6.07) is 1.70. The first-order valence-electron chi connectivity index (χ1n) is 3.22. The van der Waals surface area contributed by atoms with Gasteiger partial charge in [0.15, 0.2) is 0 Å². The van der Waals surface area contributed by atoms with Gasteiger partial charge in [-0.2, -0.15) is 17.0 Å². The Kier molecular flexibility index (Phi) is 3.77. The molecule has 0 radical (unpaired) electrons. The number of nitrogens with two attached hydrogens (primary N) is 1. The van der Waals surface area contributed by atoms with Crippen molar-refractivity contribution in [3.05, 3.63) is 0 Å². The van der Waals surface area contributed by atoms with Crippen molar-refractivity contribution >= 4 is 11.8 Å². The van der Waals surface area contributed by atoms with E-state index in [0.717, 1.165) is 6.42 Å². The van der Waals surface area contributed by atoms with E-state index in [0.29, 0.717) is 0 Å². The molecule has 0 spiro atoms. The van der Waals surface area contributed by atoms with Gasteiger partial charge in [0.05, 0.1) is 12.1 Å². The predicted molar refractivity (Wildman–Crippen MR) is 45.8 cm³/mol. The molecule has 0 heterocycles. The van der Waals surface area contributed by atoms with Gasteiger partial charge in [-0.25, -0.2) is 0 Å². The summed E-state index contributed by atoms with van der Waals surface area (Å²) in [6.07, 6.45) is 2.79. The van der Waals surface area contributed by atoms with E-state index in [4.69, 9.17) is 11.0 Å². The third-order valence-corrected chi connectivity index (χ3v) is 2.70. The zero-order valence-corrected chi connectivity index (χ0v) is 7.53. The Morgan fingerprint density at radius 1 is 1.70 bits per heavy atom. The lowest BCUT2D eigenvalue weighted by molar-refractivity contribution is 0.598. The number of hydrogen-bond donors (Lipinski definition) is 1. The van der Waals surface area contributed by atoms with E-state index in [-0.39, 0.29) is 10.8 Å². The Morgan fingerprint density at radius 3 is 2.50 bits per heavy atom. The maximum Gasteiger partial charge on any atom is 0.0941 e. The summed E-state index contributed by atoms with van der Waals surface area (Å²) in [4.78, 5) is 0. The molecule has 0 aliphatic rings. The van der Waals surface area contributed by atoms with Crippen LogP contribution in [0.25, 0.3) is 0 Å². The molecule has 0 aromatic rings. The third-order valence-electron chi connectivity index (χ3n) is 1.43. The minimum Gasteiger partial charge on any atom is -0.316 e. The summed E-state index contributed by atoms with van der Waals surface area (Å²) < 4.78 is 0.134. The van der Waals surface area contributed by atoms with Gasteiger partial charge in [0.1, 0.15) is 0 Å². The Balaban J connectivity index is 3.79. The summed E-state index contributed by atoms with van der Waals surface area (Å²) in [5.74, 6) is 0. The highest BCUT2D eigenvalue weighted by atomic mass is 32.2. The van der Waals surface area contributed by atoms with Crippen LogP contribution in [0.3, 0.4) is 0 Å². The van der Waals surface area contributed by atoms with Crippen molar-refractivity contribution < 1.29 is 0 Å². The molecule has 0 rings (SSSR count). The van der Waals surface area contributed by atoms with Crippen molar-refractivity contribution in [2.24, 2.45) is 5.73 Å². The van der Waals surface area contributed by atoms with Crippen LogP contribution in [-0.4, -0.2) is 17.0 Å². The van der Waals surface area contributed by atoms with E-state index in [1.54, 1.807) is 11.8 Å². The largest absolute Gasteiger partial charge is 0.316 e. The van der Waals surface area contributed by atoms with Crippen molar-refractivity contribution in [1.29, 1.82) is 5.26 Å². The summed E-state index contributed by atoms with van der Waals surface area (Å²) >= 11 is 1.74. The fourth-order valence-corrected chi connectivity index (χ4v) is 1.00. The van der Waals surface area contributed by atoms with Crippen LogP contribution in [-0.2, 0) is 0 Å². The summed E-state index contributed by atoms with van der Waals surface area (Å²) in [5.41, 5.74) is 5.46. The van der Waals surface area contributed by atoms with Gasteiger partial charge in [0.25, 0.3) is 0 Å². The highest BCUT2D eigenvalue weighted by molar-refractivity contribution is 7.99. The van der Waals surface area contributed by atoms with E-state index in [1.165, 1.54) is 0 Å². The number of nitriles is 1. The second kappa shape index (κ2) is 3.85. The maximum absolute atomic E-state index is 8.41. The second-order valence-electron chi connectivity index (χ2n) is 2.90. The van der Waals surface area contributed by atoms with E-state index < -0.39 is 0 Å². The molecule has 0 saturated carbocycles. The van der Waals surface area contributed by atoms with E-state index >= 15 is 0 Å². The zero-order chi connectivity index (χ0) is 8.20. The monoisotopic (exact) mass is 158 g/mol. The molecule has 1 atom stereocenters. The Morgan fingerprint density at radius 2 is 2.20 bits per heavy atom. The Labute approximate surface area is 66.8 Å². The van der Waals surface area contributed by atoms with Crippen molar-refractivity contribution in [1.82, 2.24) is 0 Å². The lowest BCUT2D eigenvalue weighted by Crippen LogP contribution is -2.28. The topological polar surface area (TPSA) is 49.8 Å². The van der Waals surface area contributed by atoms with Crippen molar-refractivity contribution in [2.75, 3.05) is 6.26 Å². The van der Waals surface area contributed by atoms with Crippen LogP contribution in [0.1, 0.15) is 20.3 Å². The van der Waals surface area contributed by atoms with Gasteiger partial charge in [-0.05, 0) is 12.7 Å². The number of nitrogens with zero attached hydrogens (tertiary/aromatic N) is 1. The smallest absolute Gasteiger partial charge is 0.0941 e. The lowest BCUT2D eigenvalue weighted by Gasteiger charge is -2.22. The van der Waals surface area contributed by atoms with Gasteiger partial charge >= 0.3 is 0 Å². The van der Waals surface area contributed by atoms with Gasteiger partial charge in [0.2, 0.25) is 0 Å². The van der Waals surface area contributed by atoms with Gasteiger partial charge in [-0.3, -0.25) is 0 Å². The number of thioether (sulfide) groups is 1. The van der Waals surface area contributed by atoms with Gasteiger partial charge in [0, 0.05) is 4.75 Å². The molecule has 0 amide bonds. The highest BCUT2D eigenvalue weighted by Gasteiger charge is 2.19. The molecule has 0 aliphatic heterocycles. The first kappa shape index (κ1) is 9.80. The normalized spacial score (nSPS) is 14.3. The average Bonchev–Trinajstić information content (AvgIpc) is 1.87. The first-order valence-corrected chi connectivity index (χ1v) is 4.44. The molecule has 0 bridgehead atoms. The van der Waals surface area contributed by atoms with E-state index in [9.17, 15) is 0 Å². The van der Waals surface area contributed by atoms with E-state index in [1.807, 2.05) is 12.3 Å². The minimum absolute atomic E-state index is 0.134. The minimum atomic E-state index is -0.317. The fraction of sp³-hybridized carbons (Fsp3) is 0.857. The molecule has 3 heteroatoms. The first-order chi connectivity index (χ1) is 4.52. The third kappa shape index (κ3) is 3.76. The standard InChI is InChI=1S/C7H14N2S/c1-7(2,10-3)4-6(9)5-8/h6H,4,9H2,1-3H3. The fourth-order valence-electron chi connectivity index (χ4n) is 0.659. The van der Waals surface area contributed by atoms with E-state index in [2.05, 4.69) is 13.8 Å². The Hall–Kier alpha value is -0.200. The van der Waals surface area contributed by atoms with Crippen LogP contribution < -0.4 is 5.73 Å². The molecule has 0 fully saturated rings. The van der Waals surface area contributed by atoms with Crippen LogP contribution >= 0.6 is 11.8 Å². The van der Waals surface area contributed by atoms with Crippen LogP contribution in [0, 0.1) is 11.3 Å². The molecule has 58 valence electrons. The van der Waals surface area contributed by atoms with Crippen LogP contribution in [0.4, 0.5) is 0 Å². The van der Waals surface area contributed by atoms with Crippen LogP contribution in [0.2, 0.25) is 0 Å². The molecule has 2 nitrogen and oxygen atoms in total. The summed E-state index contributed by atoms with van der Waals surface area (Å²) in [5, 5.41) is 8.41. The molecule has 0 aromatic heterocycles. The quantitative estimate of drug-likeness (QED) is 0.675. The SMILES string of the molecule is CSC(C)(C)CC(N)C#N. The molecule has 2 N–H and O–H groups in total. The average molecular weight is 158 g/mol. The molecular weight excluding hydrogens is 144 g/mol. The van der Waals surface area contributed by atoms with Crippen molar-refractivity contribution in [3.63, 3.8) is 0 Å². The van der Waals surface area contributed by atoms with Gasteiger partial charge in [-0.15, -0.1) is 0 Å². The molecule has 10 heavy (non-hydrogen) atoms. The lowest BCUT2D eigenvalue weighted by atomic mass is 10.0. The predicted octanol–water partition coefficient (Wildman–Crippen LogP) is 1.37. The molecule has 0 aliphatic carbocycles. The molecule has 0 aromatic carbocycles. The van der Waals surface area contributed by atoms with Crippen LogP contribution in [0.5, 0.6) is 0 Å². The highest BCUT2D eigenvalue weighted by Crippen LogP contribution is 2.25.